The summed E-state index contributed by atoms with van der Waals surface area (Å²) in [6, 6.07) is 0. The van der Waals surface area contributed by atoms with Gasteiger partial charge in [-0.05, 0) is 6.26 Å². The Morgan fingerprint density at radius 2 is 1.50 bits per heavy atom. The van der Waals surface area contributed by atoms with Crippen molar-refractivity contribution in [2.24, 2.45) is 0 Å². The van der Waals surface area contributed by atoms with Gasteiger partial charge in [-0.15, -0.1) is 0 Å². The van der Waals surface area contributed by atoms with Crippen molar-refractivity contribution in [2.75, 3.05) is 59.0 Å². The van der Waals surface area contributed by atoms with E-state index in [9.17, 15) is 4.79 Å². The number of carbonyl (C=O) groups excluding carboxylic acids is 1. The number of nitrogens with one attached hydrogen (secondary N) is 2. The maximum Gasteiger partial charge on any atom is 0.276 e. The molecule has 0 aromatic carbocycles. The third-order valence-corrected chi connectivity index (χ3v) is 2.41. The molecular formula is C10H22N2O4S2. The van der Waals surface area contributed by atoms with Gasteiger partial charge in [0.2, 0.25) is 0 Å². The normalized spacial score (nSPS) is 10.6. The summed E-state index contributed by atoms with van der Waals surface area (Å²) in [5, 5.41) is 2.17. The average molecular weight is 298 g/mol. The zero-order valence-corrected chi connectivity index (χ0v) is 12.4. The van der Waals surface area contributed by atoms with Gasteiger partial charge in [0.15, 0.2) is 0 Å². The highest BCUT2D eigenvalue weighted by atomic mass is 32.2. The molecule has 18 heavy (non-hydrogen) atoms. The zero-order chi connectivity index (χ0) is 13.5. The molecule has 0 radical (unpaired) electrons. The largest absolute Gasteiger partial charge is 0.378 e. The number of hydrogen-bond donors (Lipinski definition) is 3. The van der Waals surface area contributed by atoms with Crippen LogP contribution in [-0.2, 0) is 14.2 Å². The fourth-order valence-electron chi connectivity index (χ4n) is 0.988. The first-order valence-corrected chi connectivity index (χ1v) is 7.40. The van der Waals surface area contributed by atoms with Crippen molar-refractivity contribution in [1.82, 2.24) is 10.0 Å². The van der Waals surface area contributed by atoms with Crippen molar-refractivity contribution in [3.8, 4) is 0 Å². The lowest BCUT2D eigenvalue weighted by atomic mass is 10.6. The molecule has 0 saturated carbocycles. The monoisotopic (exact) mass is 298 g/mol. The highest BCUT2D eigenvalue weighted by Crippen LogP contribution is 1.83. The standard InChI is InChI=1S/C10H22N2O4S2/c1-18-12-3-5-15-7-9-16-8-6-14-4-2-11-10(13)17/h12H,2-9H2,1H3,(H2,11,13,17). The molecule has 1 amide bonds. The van der Waals surface area contributed by atoms with Crippen LogP contribution in [0.25, 0.3) is 0 Å². The van der Waals surface area contributed by atoms with Gasteiger partial charge in [-0.3, -0.25) is 9.52 Å². The molecule has 0 heterocycles. The molecule has 0 aromatic rings. The van der Waals surface area contributed by atoms with Gasteiger partial charge in [0.05, 0.1) is 39.6 Å². The van der Waals surface area contributed by atoms with Gasteiger partial charge in [0, 0.05) is 13.1 Å². The third-order valence-electron chi connectivity index (χ3n) is 1.76. The predicted molar refractivity (Wildman–Crippen MR) is 76.4 cm³/mol. The van der Waals surface area contributed by atoms with Crippen LogP contribution in [0.1, 0.15) is 0 Å². The van der Waals surface area contributed by atoms with E-state index in [2.05, 4.69) is 22.7 Å². The van der Waals surface area contributed by atoms with Gasteiger partial charge >= 0.3 is 0 Å². The molecule has 0 aliphatic carbocycles. The Hall–Kier alpha value is 0.01000. The minimum atomic E-state index is -0.344. The Kier molecular flexibility index (Phi) is 15.1. The Labute approximate surface area is 118 Å². The maximum atomic E-state index is 10.4. The van der Waals surface area contributed by atoms with E-state index >= 15 is 0 Å². The fraction of sp³-hybridized carbons (Fsp3) is 0.900. The molecule has 0 bridgehead atoms. The average Bonchev–Trinajstić information content (AvgIpc) is 2.34. The number of amides is 1. The van der Waals surface area contributed by atoms with Gasteiger partial charge in [-0.2, -0.15) is 0 Å². The molecule has 8 heteroatoms. The Morgan fingerprint density at radius 3 is 2.00 bits per heavy atom. The zero-order valence-electron chi connectivity index (χ0n) is 10.6. The van der Waals surface area contributed by atoms with Gasteiger partial charge in [-0.1, -0.05) is 24.6 Å². The SMILES string of the molecule is CSNCCOCCOCCOCCNC(=O)S. The fourth-order valence-corrected chi connectivity index (χ4v) is 1.39. The summed E-state index contributed by atoms with van der Waals surface area (Å²) in [6.45, 7) is 4.64. The van der Waals surface area contributed by atoms with Crippen LogP contribution in [0, 0.1) is 0 Å². The van der Waals surface area contributed by atoms with Crippen LogP contribution < -0.4 is 10.0 Å². The van der Waals surface area contributed by atoms with E-state index in [0.717, 1.165) is 6.54 Å². The highest BCUT2D eigenvalue weighted by Gasteiger charge is 1.93. The predicted octanol–water partition coefficient (Wildman–Crippen LogP) is 0.543. The molecule has 108 valence electrons. The Bertz CT molecular complexity index is 199. The summed E-state index contributed by atoms with van der Waals surface area (Å²) in [4.78, 5) is 10.4. The van der Waals surface area contributed by atoms with E-state index in [4.69, 9.17) is 14.2 Å². The third kappa shape index (κ3) is 16.0. The lowest BCUT2D eigenvalue weighted by molar-refractivity contribution is 0.0166. The summed E-state index contributed by atoms with van der Waals surface area (Å²) < 4.78 is 18.9. The lowest BCUT2D eigenvalue weighted by Gasteiger charge is -2.07. The van der Waals surface area contributed by atoms with E-state index < -0.39 is 0 Å². The van der Waals surface area contributed by atoms with Crippen LogP contribution in [0.4, 0.5) is 4.79 Å². The topological polar surface area (TPSA) is 68.8 Å². The minimum absolute atomic E-state index is 0.344. The second kappa shape index (κ2) is 15.1. The van der Waals surface area contributed by atoms with Gasteiger partial charge in [0.25, 0.3) is 5.24 Å². The van der Waals surface area contributed by atoms with Crippen LogP contribution >= 0.6 is 24.6 Å². The number of carbonyl (C=O) groups is 1. The van der Waals surface area contributed by atoms with Gasteiger partial charge in [-0.25, -0.2) is 0 Å². The van der Waals surface area contributed by atoms with Gasteiger partial charge < -0.3 is 19.5 Å². The molecule has 0 aliphatic heterocycles. The van der Waals surface area contributed by atoms with Crippen LogP contribution in [0.3, 0.4) is 0 Å². The number of ether oxygens (including phenoxy) is 3. The summed E-state index contributed by atoms with van der Waals surface area (Å²) in [6.07, 6.45) is 1.98. The van der Waals surface area contributed by atoms with Crippen LogP contribution in [0.15, 0.2) is 0 Å². The summed E-state index contributed by atoms with van der Waals surface area (Å²) in [5.74, 6) is 0. The van der Waals surface area contributed by atoms with E-state index in [0.29, 0.717) is 46.2 Å². The van der Waals surface area contributed by atoms with Gasteiger partial charge in [0.1, 0.15) is 0 Å². The van der Waals surface area contributed by atoms with E-state index in [1.807, 2.05) is 6.26 Å². The quantitative estimate of drug-likeness (QED) is 0.262. The smallest absolute Gasteiger partial charge is 0.276 e. The van der Waals surface area contributed by atoms with Crippen LogP contribution in [0.5, 0.6) is 0 Å². The molecule has 0 spiro atoms. The summed E-state index contributed by atoms with van der Waals surface area (Å²) in [7, 11) is 0. The van der Waals surface area contributed by atoms with Crippen molar-refractivity contribution >= 4 is 29.8 Å². The lowest BCUT2D eigenvalue weighted by Crippen LogP contribution is -2.22. The molecule has 0 unspecified atom stereocenters. The minimum Gasteiger partial charge on any atom is -0.378 e. The molecule has 0 atom stereocenters. The Morgan fingerprint density at radius 1 is 1.00 bits per heavy atom. The first-order valence-electron chi connectivity index (χ1n) is 5.73. The number of hydrogen-bond acceptors (Lipinski definition) is 6. The highest BCUT2D eigenvalue weighted by molar-refractivity contribution is 7.96. The van der Waals surface area contributed by atoms with Crippen LogP contribution in [-0.4, -0.2) is 64.2 Å². The second-order valence-corrected chi connectivity index (χ2v) is 4.27. The molecule has 2 N–H and O–H groups in total. The van der Waals surface area contributed by atoms with E-state index in [1.165, 1.54) is 0 Å². The van der Waals surface area contributed by atoms with Crippen molar-refractivity contribution in [1.29, 1.82) is 0 Å². The summed E-state index contributed by atoms with van der Waals surface area (Å²) >= 11 is 5.14. The van der Waals surface area contributed by atoms with E-state index in [1.54, 1.807) is 11.9 Å². The van der Waals surface area contributed by atoms with Crippen LogP contribution in [0.2, 0.25) is 0 Å². The molecule has 0 aliphatic rings. The number of rotatable bonds is 13. The first-order chi connectivity index (χ1) is 8.77. The van der Waals surface area contributed by atoms with Crippen molar-refractivity contribution < 1.29 is 19.0 Å². The summed E-state index contributed by atoms with van der Waals surface area (Å²) in [5.41, 5.74) is 0. The second-order valence-electron chi connectivity index (χ2n) is 3.17. The number of thiol groups is 1. The molecular weight excluding hydrogens is 276 g/mol. The molecule has 0 saturated heterocycles. The van der Waals surface area contributed by atoms with Crippen molar-refractivity contribution in [3.63, 3.8) is 0 Å². The van der Waals surface area contributed by atoms with Crippen molar-refractivity contribution in [2.45, 2.75) is 0 Å². The maximum absolute atomic E-state index is 10.4. The Balaban J connectivity index is 2.92. The van der Waals surface area contributed by atoms with Crippen molar-refractivity contribution in [3.05, 3.63) is 0 Å². The molecule has 0 aromatic heterocycles. The molecule has 0 rings (SSSR count). The first kappa shape index (κ1) is 18.0. The molecule has 6 nitrogen and oxygen atoms in total. The molecule has 0 fully saturated rings. The van der Waals surface area contributed by atoms with E-state index in [-0.39, 0.29) is 5.24 Å².